The van der Waals surface area contributed by atoms with Crippen LogP contribution in [0.4, 0.5) is 0 Å². The molecule has 1 aromatic rings. The van der Waals surface area contributed by atoms with E-state index >= 15 is 0 Å². The van der Waals surface area contributed by atoms with Gasteiger partial charge in [-0.3, -0.25) is 0 Å². The number of hydrogen-bond acceptors (Lipinski definition) is 3. The van der Waals surface area contributed by atoms with E-state index in [1.54, 1.807) is 0 Å². The lowest BCUT2D eigenvalue weighted by Gasteiger charge is -2.40. The van der Waals surface area contributed by atoms with E-state index in [1.165, 1.54) is 37.7 Å². The second-order valence-electron chi connectivity index (χ2n) is 6.04. The second kappa shape index (κ2) is 8.70. The van der Waals surface area contributed by atoms with Crippen molar-refractivity contribution in [2.24, 2.45) is 0 Å². The molecule has 0 heterocycles. The highest BCUT2D eigenvalue weighted by Gasteiger charge is 2.35. The van der Waals surface area contributed by atoms with Gasteiger partial charge in [0.15, 0.2) is 0 Å². The largest absolute Gasteiger partial charge is 0.494 e. The van der Waals surface area contributed by atoms with E-state index < -0.39 is 0 Å². The van der Waals surface area contributed by atoms with Crippen LogP contribution in [0.1, 0.15) is 51.0 Å². The number of benzene rings is 1. The minimum atomic E-state index is 0.516. The molecule has 0 atom stereocenters. The van der Waals surface area contributed by atoms with Gasteiger partial charge in [0, 0.05) is 17.8 Å². The summed E-state index contributed by atoms with van der Waals surface area (Å²) >= 11 is 2.03. The quantitative estimate of drug-likeness (QED) is 0.637. The summed E-state index contributed by atoms with van der Waals surface area (Å²) in [7, 11) is 0. The summed E-state index contributed by atoms with van der Waals surface area (Å²) in [6, 6.07) is 8.54. The molecule has 0 bridgehead atoms. The van der Waals surface area contributed by atoms with Crippen LogP contribution in [0.3, 0.4) is 0 Å². The fourth-order valence-corrected chi connectivity index (χ4v) is 3.65. The first-order chi connectivity index (χ1) is 10.3. The summed E-state index contributed by atoms with van der Waals surface area (Å²) < 4.78 is 6.26. The fourth-order valence-electron chi connectivity index (χ4n) is 2.70. The molecule has 21 heavy (non-hydrogen) atoms. The fraction of sp³-hybridized carbons (Fsp3) is 0.667. The lowest BCUT2D eigenvalue weighted by Crippen LogP contribution is -2.43. The number of ether oxygens (including phenoxy) is 1. The number of nitrogens with one attached hydrogen (secondary N) is 1. The van der Waals surface area contributed by atoms with Gasteiger partial charge >= 0.3 is 0 Å². The van der Waals surface area contributed by atoms with E-state index in [2.05, 4.69) is 42.8 Å². The minimum absolute atomic E-state index is 0.516. The van der Waals surface area contributed by atoms with Crippen LogP contribution in [0.15, 0.2) is 24.3 Å². The molecule has 1 aliphatic rings. The smallest absolute Gasteiger partial charge is 0.119 e. The minimum Gasteiger partial charge on any atom is -0.494 e. The Bertz CT molecular complexity index is 395. The molecule has 0 aromatic heterocycles. The van der Waals surface area contributed by atoms with Crippen LogP contribution in [0.2, 0.25) is 0 Å². The SMILES string of the molecule is CCCCCOc1ccc(CNCC2(SC)CCC2)cc1. The van der Waals surface area contributed by atoms with Gasteiger partial charge in [0.1, 0.15) is 5.75 Å². The van der Waals surface area contributed by atoms with Crippen molar-refractivity contribution in [3.05, 3.63) is 29.8 Å². The average Bonchev–Trinajstić information content (AvgIpc) is 2.48. The molecule has 1 saturated carbocycles. The molecule has 3 heteroatoms. The lowest BCUT2D eigenvalue weighted by atomic mass is 9.84. The van der Waals surface area contributed by atoms with Gasteiger partial charge in [-0.25, -0.2) is 0 Å². The Hall–Kier alpha value is -0.670. The van der Waals surface area contributed by atoms with Gasteiger partial charge in [-0.1, -0.05) is 38.3 Å². The molecule has 1 N–H and O–H groups in total. The van der Waals surface area contributed by atoms with Crippen molar-refractivity contribution in [2.75, 3.05) is 19.4 Å². The molecule has 0 radical (unpaired) electrons. The van der Waals surface area contributed by atoms with Gasteiger partial charge in [-0.2, -0.15) is 11.8 Å². The zero-order valence-electron chi connectivity index (χ0n) is 13.5. The van der Waals surface area contributed by atoms with Gasteiger partial charge in [0.2, 0.25) is 0 Å². The predicted octanol–water partition coefficient (Wildman–Crippen LogP) is 4.63. The van der Waals surface area contributed by atoms with Crippen LogP contribution in [0.5, 0.6) is 5.75 Å². The highest BCUT2D eigenvalue weighted by Crippen LogP contribution is 2.42. The maximum atomic E-state index is 5.74. The topological polar surface area (TPSA) is 21.3 Å². The van der Waals surface area contributed by atoms with Crippen LogP contribution in [0.25, 0.3) is 0 Å². The summed E-state index contributed by atoms with van der Waals surface area (Å²) in [6.07, 6.45) is 10.0. The third-order valence-electron chi connectivity index (χ3n) is 4.41. The Morgan fingerprint density at radius 3 is 2.52 bits per heavy atom. The summed E-state index contributed by atoms with van der Waals surface area (Å²) in [6.45, 7) is 5.14. The molecule has 0 amide bonds. The van der Waals surface area contributed by atoms with Crippen molar-refractivity contribution in [3.8, 4) is 5.75 Å². The summed E-state index contributed by atoms with van der Waals surface area (Å²) in [5, 5.41) is 3.61. The number of unbranched alkanes of at least 4 members (excludes halogenated alkanes) is 2. The van der Waals surface area contributed by atoms with Crippen LogP contribution in [-0.2, 0) is 6.54 Å². The van der Waals surface area contributed by atoms with E-state index in [0.717, 1.165) is 31.9 Å². The van der Waals surface area contributed by atoms with Crippen molar-refractivity contribution in [2.45, 2.75) is 56.7 Å². The van der Waals surface area contributed by atoms with Crippen LogP contribution in [-0.4, -0.2) is 24.2 Å². The predicted molar refractivity (Wildman–Crippen MR) is 93.3 cm³/mol. The first-order valence-corrected chi connectivity index (χ1v) is 9.48. The summed E-state index contributed by atoms with van der Waals surface area (Å²) in [5.41, 5.74) is 1.34. The first-order valence-electron chi connectivity index (χ1n) is 8.25. The van der Waals surface area contributed by atoms with Crippen molar-refractivity contribution < 1.29 is 4.74 Å². The summed E-state index contributed by atoms with van der Waals surface area (Å²) in [5.74, 6) is 0.995. The van der Waals surface area contributed by atoms with Crippen molar-refractivity contribution >= 4 is 11.8 Å². The number of thioether (sulfide) groups is 1. The van der Waals surface area contributed by atoms with Crippen LogP contribution >= 0.6 is 11.8 Å². The van der Waals surface area contributed by atoms with E-state index in [-0.39, 0.29) is 0 Å². The van der Waals surface area contributed by atoms with Gasteiger partial charge < -0.3 is 10.1 Å². The van der Waals surface area contributed by atoms with Gasteiger partial charge in [-0.05, 0) is 43.2 Å². The van der Waals surface area contributed by atoms with E-state index in [9.17, 15) is 0 Å². The molecule has 1 aromatic carbocycles. The molecule has 0 aliphatic heterocycles. The molecule has 118 valence electrons. The van der Waals surface area contributed by atoms with Crippen molar-refractivity contribution in [3.63, 3.8) is 0 Å². The maximum Gasteiger partial charge on any atom is 0.119 e. The van der Waals surface area contributed by atoms with Crippen molar-refractivity contribution in [1.29, 1.82) is 0 Å². The lowest BCUT2D eigenvalue weighted by molar-refractivity contribution is 0.306. The molecule has 0 unspecified atom stereocenters. The highest BCUT2D eigenvalue weighted by molar-refractivity contribution is 8.00. The van der Waals surface area contributed by atoms with E-state index in [0.29, 0.717) is 4.75 Å². The summed E-state index contributed by atoms with van der Waals surface area (Å²) in [4.78, 5) is 0. The monoisotopic (exact) mass is 307 g/mol. The number of hydrogen-bond donors (Lipinski definition) is 1. The molecule has 2 nitrogen and oxygen atoms in total. The standard InChI is InChI=1S/C18H29NOS/c1-3-4-5-13-20-17-9-7-16(8-10-17)14-19-15-18(21-2)11-6-12-18/h7-10,19H,3-6,11-15H2,1-2H3. The van der Waals surface area contributed by atoms with E-state index in [4.69, 9.17) is 4.74 Å². The maximum absolute atomic E-state index is 5.74. The Morgan fingerprint density at radius 1 is 1.19 bits per heavy atom. The molecular formula is C18H29NOS. The van der Waals surface area contributed by atoms with Gasteiger partial charge in [0.25, 0.3) is 0 Å². The zero-order chi connectivity index (χ0) is 15.0. The van der Waals surface area contributed by atoms with E-state index in [1.807, 2.05) is 11.8 Å². The molecule has 0 spiro atoms. The molecular weight excluding hydrogens is 278 g/mol. The Morgan fingerprint density at radius 2 is 1.95 bits per heavy atom. The Kier molecular flexibility index (Phi) is 6.91. The third-order valence-corrected chi connectivity index (χ3v) is 5.83. The average molecular weight is 308 g/mol. The normalized spacial score (nSPS) is 16.5. The molecule has 1 fully saturated rings. The Balaban J connectivity index is 1.67. The number of rotatable bonds is 10. The zero-order valence-corrected chi connectivity index (χ0v) is 14.3. The first kappa shape index (κ1) is 16.7. The van der Waals surface area contributed by atoms with Gasteiger partial charge in [-0.15, -0.1) is 0 Å². The molecule has 2 rings (SSSR count). The molecule has 0 saturated heterocycles. The third kappa shape index (κ3) is 5.23. The molecule has 1 aliphatic carbocycles. The van der Waals surface area contributed by atoms with Crippen LogP contribution < -0.4 is 10.1 Å². The van der Waals surface area contributed by atoms with Gasteiger partial charge in [0.05, 0.1) is 6.61 Å². The second-order valence-corrected chi connectivity index (χ2v) is 7.32. The highest BCUT2D eigenvalue weighted by atomic mass is 32.2. The van der Waals surface area contributed by atoms with Crippen molar-refractivity contribution in [1.82, 2.24) is 5.32 Å². The van der Waals surface area contributed by atoms with Crippen LogP contribution in [0, 0.1) is 0 Å². The Labute approximate surface area is 134 Å².